The lowest BCUT2D eigenvalue weighted by atomic mass is 9.77. The number of aldehydes is 1. The first-order valence-electron chi connectivity index (χ1n) is 5.29. The monoisotopic (exact) mass is 201 g/mol. The van der Waals surface area contributed by atoms with E-state index in [1.54, 1.807) is 0 Å². The first kappa shape index (κ1) is 16.1. The van der Waals surface area contributed by atoms with Crippen molar-refractivity contribution >= 4 is 6.29 Å². The highest BCUT2D eigenvalue weighted by Gasteiger charge is 2.24. The minimum absolute atomic E-state index is 0.155. The van der Waals surface area contributed by atoms with Crippen molar-refractivity contribution in [3.63, 3.8) is 0 Å². The molecular formula is C12H27NO. The predicted octanol–water partition coefficient (Wildman–Crippen LogP) is 2.87. The third-order valence-corrected chi connectivity index (χ3v) is 1.66. The summed E-state index contributed by atoms with van der Waals surface area (Å²) in [6, 6.07) is 0. The Kier molecular flexibility index (Phi) is 8.03. The molecule has 1 N–H and O–H groups in total. The molecule has 0 spiro atoms. The van der Waals surface area contributed by atoms with E-state index in [9.17, 15) is 4.79 Å². The zero-order chi connectivity index (χ0) is 11.8. The maximum atomic E-state index is 10.5. The van der Waals surface area contributed by atoms with Gasteiger partial charge < -0.3 is 10.1 Å². The number of carbonyl (C=O) groups is 1. The Morgan fingerprint density at radius 1 is 1.14 bits per heavy atom. The normalized spacial score (nSPS) is 11.6. The van der Waals surface area contributed by atoms with Gasteiger partial charge >= 0.3 is 0 Å². The van der Waals surface area contributed by atoms with Crippen LogP contribution < -0.4 is 5.32 Å². The number of hydrogen-bond donors (Lipinski definition) is 1. The van der Waals surface area contributed by atoms with Gasteiger partial charge in [-0.05, 0) is 25.4 Å². The van der Waals surface area contributed by atoms with Crippen molar-refractivity contribution in [1.29, 1.82) is 0 Å². The van der Waals surface area contributed by atoms with Crippen LogP contribution in [0.15, 0.2) is 0 Å². The molecule has 0 bridgehead atoms. The summed E-state index contributed by atoms with van der Waals surface area (Å²) in [6.07, 6.45) is 1.99. The highest BCUT2D eigenvalue weighted by atomic mass is 16.1. The van der Waals surface area contributed by atoms with Gasteiger partial charge in [-0.1, -0.05) is 41.5 Å². The standard InChI is InChI=1S/C9H18O.C3H9N/c1-8(2,3)6-9(4,5)7-10;1-3-4-2/h7H,6H2,1-5H3;4H,3H2,1-2H3. The van der Waals surface area contributed by atoms with Gasteiger partial charge in [-0.15, -0.1) is 0 Å². The van der Waals surface area contributed by atoms with Crippen molar-refractivity contribution in [2.45, 2.75) is 48.0 Å². The van der Waals surface area contributed by atoms with Gasteiger partial charge in [0.25, 0.3) is 0 Å². The van der Waals surface area contributed by atoms with Gasteiger partial charge in [0.1, 0.15) is 6.29 Å². The molecule has 86 valence electrons. The molecule has 0 unspecified atom stereocenters. The maximum absolute atomic E-state index is 10.5. The van der Waals surface area contributed by atoms with Gasteiger partial charge in [0.2, 0.25) is 0 Å². The fourth-order valence-electron chi connectivity index (χ4n) is 1.41. The van der Waals surface area contributed by atoms with Gasteiger partial charge in [0, 0.05) is 5.41 Å². The molecule has 0 aromatic rings. The smallest absolute Gasteiger partial charge is 0.125 e. The van der Waals surface area contributed by atoms with E-state index < -0.39 is 0 Å². The molecule has 2 nitrogen and oxygen atoms in total. The van der Waals surface area contributed by atoms with E-state index in [0.717, 1.165) is 19.3 Å². The molecule has 0 aromatic heterocycles. The summed E-state index contributed by atoms with van der Waals surface area (Å²) < 4.78 is 0. The molecule has 0 atom stereocenters. The van der Waals surface area contributed by atoms with Crippen LogP contribution in [0.5, 0.6) is 0 Å². The van der Waals surface area contributed by atoms with Crippen molar-refractivity contribution in [1.82, 2.24) is 5.32 Å². The van der Waals surface area contributed by atoms with Crippen molar-refractivity contribution < 1.29 is 4.79 Å². The molecule has 0 rings (SSSR count). The topological polar surface area (TPSA) is 29.1 Å². The van der Waals surface area contributed by atoms with Crippen LogP contribution in [0.1, 0.15) is 48.0 Å². The Hall–Kier alpha value is -0.370. The average Bonchev–Trinajstić information content (AvgIpc) is 2.01. The summed E-state index contributed by atoms with van der Waals surface area (Å²) in [4.78, 5) is 10.5. The second kappa shape index (κ2) is 6.99. The molecule has 0 fully saturated rings. The highest BCUT2D eigenvalue weighted by molar-refractivity contribution is 5.57. The number of hydrogen-bond acceptors (Lipinski definition) is 2. The fraction of sp³-hybridized carbons (Fsp3) is 0.917. The SMILES string of the molecule is CC(C)(C)CC(C)(C)C=O.CCNC. The molecule has 0 saturated carbocycles. The predicted molar refractivity (Wildman–Crippen MR) is 63.5 cm³/mol. The number of carbonyl (C=O) groups excluding carboxylic acids is 1. The van der Waals surface area contributed by atoms with E-state index >= 15 is 0 Å². The van der Waals surface area contributed by atoms with Crippen LogP contribution in [-0.4, -0.2) is 19.9 Å². The lowest BCUT2D eigenvalue weighted by molar-refractivity contribution is -0.116. The lowest BCUT2D eigenvalue weighted by Crippen LogP contribution is -2.21. The zero-order valence-electron chi connectivity index (χ0n) is 10.9. The van der Waals surface area contributed by atoms with Gasteiger partial charge in [0.15, 0.2) is 0 Å². The van der Waals surface area contributed by atoms with E-state index in [-0.39, 0.29) is 10.8 Å². The van der Waals surface area contributed by atoms with Gasteiger partial charge in [0.05, 0.1) is 0 Å². The molecule has 0 aliphatic carbocycles. The lowest BCUT2D eigenvalue weighted by Gasteiger charge is -2.27. The first-order valence-corrected chi connectivity index (χ1v) is 5.29. The Balaban J connectivity index is 0. The summed E-state index contributed by atoms with van der Waals surface area (Å²) in [5.41, 5.74) is 0.0999. The molecule has 0 heterocycles. The Bertz CT molecular complexity index is 143. The minimum Gasteiger partial charge on any atom is -0.320 e. The van der Waals surface area contributed by atoms with E-state index in [1.807, 2.05) is 20.9 Å². The summed E-state index contributed by atoms with van der Waals surface area (Å²) in [5.74, 6) is 0. The number of nitrogens with one attached hydrogen (secondary N) is 1. The summed E-state index contributed by atoms with van der Waals surface area (Å²) in [5, 5.41) is 2.93. The van der Waals surface area contributed by atoms with E-state index in [4.69, 9.17) is 0 Å². The summed E-state index contributed by atoms with van der Waals surface area (Å²) in [6.45, 7) is 13.5. The molecule has 0 amide bonds. The van der Waals surface area contributed by atoms with Crippen LogP contribution in [0.4, 0.5) is 0 Å². The maximum Gasteiger partial charge on any atom is 0.125 e. The van der Waals surface area contributed by atoms with Crippen LogP contribution in [0.2, 0.25) is 0 Å². The van der Waals surface area contributed by atoms with Crippen LogP contribution in [0, 0.1) is 10.8 Å². The Labute approximate surface area is 89.5 Å². The van der Waals surface area contributed by atoms with Gasteiger partial charge in [-0.2, -0.15) is 0 Å². The minimum atomic E-state index is -0.155. The zero-order valence-corrected chi connectivity index (χ0v) is 10.9. The molecule has 0 aromatic carbocycles. The van der Waals surface area contributed by atoms with Crippen LogP contribution in [-0.2, 0) is 4.79 Å². The van der Waals surface area contributed by atoms with Crippen molar-refractivity contribution in [3.05, 3.63) is 0 Å². The number of rotatable bonds is 3. The molecular weight excluding hydrogens is 174 g/mol. The first-order chi connectivity index (χ1) is 6.18. The molecule has 14 heavy (non-hydrogen) atoms. The van der Waals surface area contributed by atoms with E-state index in [0.29, 0.717) is 0 Å². The molecule has 0 radical (unpaired) electrons. The van der Waals surface area contributed by atoms with Gasteiger partial charge in [-0.3, -0.25) is 0 Å². The van der Waals surface area contributed by atoms with Crippen molar-refractivity contribution in [2.75, 3.05) is 13.6 Å². The van der Waals surface area contributed by atoms with Crippen molar-refractivity contribution in [3.8, 4) is 0 Å². The average molecular weight is 201 g/mol. The fourth-order valence-corrected chi connectivity index (χ4v) is 1.41. The third kappa shape index (κ3) is 14.2. The van der Waals surface area contributed by atoms with Crippen LogP contribution in [0.25, 0.3) is 0 Å². The Morgan fingerprint density at radius 3 is 1.57 bits per heavy atom. The second-order valence-electron chi connectivity index (χ2n) is 5.55. The molecule has 0 aliphatic rings. The van der Waals surface area contributed by atoms with Crippen LogP contribution in [0.3, 0.4) is 0 Å². The molecule has 2 heteroatoms. The summed E-state index contributed by atoms with van der Waals surface area (Å²) in [7, 11) is 1.93. The van der Waals surface area contributed by atoms with Crippen LogP contribution >= 0.6 is 0 Å². The second-order valence-corrected chi connectivity index (χ2v) is 5.55. The highest BCUT2D eigenvalue weighted by Crippen LogP contribution is 2.30. The van der Waals surface area contributed by atoms with E-state index in [2.05, 4.69) is 33.0 Å². The van der Waals surface area contributed by atoms with Gasteiger partial charge in [-0.25, -0.2) is 0 Å². The summed E-state index contributed by atoms with van der Waals surface area (Å²) >= 11 is 0. The largest absolute Gasteiger partial charge is 0.320 e. The quantitative estimate of drug-likeness (QED) is 0.711. The van der Waals surface area contributed by atoms with E-state index in [1.165, 1.54) is 0 Å². The molecule has 0 aliphatic heterocycles. The third-order valence-electron chi connectivity index (χ3n) is 1.66. The van der Waals surface area contributed by atoms with Crippen molar-refractivity contribution in [2.24, 2.45) is 10.8 Å². The Morgan fingerprint density at radius 2 is 1.50 bits per heavy atom. The molecule has 0 saturated heterocycles.